The summed E-state index contributed by atoms with van der Waals surface area (Å²) in [5, 5.41) is 12.0. The molecule has 6 heteroatoms. The second-order valence-corrected chi connectivity index (χ2v) is 7.14. The molecule has 0 spiro atoms. The van der Waals surface area contributed by atoms with Crippen molar-refractivity contribution in [3.63, 3.8) is 0 Å². The van der Waals surface area contributed by atoms with Crippen LogP contribution in [0.3, 0.4) is 0 Å². The van der Waals surface area contributed by atoms with Gasteiger partial charge in [0.2, 0.25) is 0 Å². The van der Waals surface area contributed by atoms with Crippen molar-refractivity contribution in [1.29, 1.82) is 0 Å². The zero-order chi connectivity index (χ0) is 17.9. The SMILES string of the molecule is Cc1noc(C)c1-c1cc2c(c(-c3c(C)nn(C)c3C)c1)CC(=S)N2. The van der Waals surface area contributed by atoms with Gasteiger partial charge >= 0.3 is 0 Å². The van der Waals surface area contributed by atoms with Gasteiger partial charge in [0.25, 0.3) is 0 Å². The molecule has 0 bridgehead atoms. The lowest BCUT2D eigenvalue weighted by Gasteiger charge is -2.12. The summed E-state index contributed by atoms with van der Waals surface area (Å²) in [5.41, 5.74) is 9.86. The highest BCUT2D eigenvalue weighted by molar-refractivity contribution is 7.80. The molecular formula is C19H20N4OS. The molecule has 3 heterocycles. The molecule has 0 saturated carbocycles. The Morgan fingerprint density at radius 3 is 2.48 bits per heavy atom. The maximum Gasteiger partial charge on any atom is 0.141 e. The number of rotatable bonds is 2. The van der Waals surface area contributed by atoms with Gasteiger partial charge < -0.3 is 9.84 Å². The Bertz CT molecular complexity index is 1010. The number of aromatic nitrogens is 3. The van der Waals surface area contributed by atoms with Crippen molar-refractivity contribution in [2.75, 3.05) is 5.32 Å². The smallest absolute Gasteiger partial charge is 0.141 e. The molecule has 0 amide bonds. The molecule has 1 aromatic carbocycles. The number of nitrogens with one attached hydrogen (secondary N) is 1. The van der Waals surface area contributed by atoms with Crippen molar-refractivity contribution < 1.29 is 4.52 Å². The van der Waals surface area contributed by atoms with Crippen LogP contribution >= 0.6 is 12.2 Å². The minimum atomic E-state index is 0.760. The first kappa shape index (κ1) is 16.0. The number of hydrogen-bond donors (Lipinski definition) is 1. The molecule has 0 radical (unpaired) electrons. The molecule has 4 rings (SSSR count). The van der Waals surface area contributed by atoms with Crippen molar-refractivity contribution in [1.82, 2.24) is 14.9 Å². The molecular weight excluding hydrogens is 332 g/mol. The third kappa shape index (κ3) is 2.40. The molecule has 1 aliphatic rings. The first-order valence-corrected chi connectivity index (χ1v) is 8.68. The Kier molecular flexibility index (Phi) is 3.54. The van der Waals surface area contributed by atoms with E-state index in [1.807, 2.05) is 25.6 Å². The summed E-state index contributed by atoms with van der Waals surface area (Å²) >= 11 is 5.44. The van der Waals surface area contributed by atoms with Gasteiger partial charge in [-0.05, 0) is 56.5 Å². The molecule has 0 saturated heterocycles. The van der Waals surface area contributed by atoms with Gasteiger partial charge in [-0.1, -0.05) is 17.4 Å². The highest BCUT2D eigenvalue weighted by Crippen LogP contribution is 2.41. The Balaban J connectivity index is 2.03. The Morgan fingerprint density at radius 2 is 1.88 bits per heavy atom. The number of aryl methyl sites for hydroxylation is 4. The third-order valence-electron chi connectivity index (χ3n) is 4.96. The van der Waals surface area contributed by atoms with Crippen molar-refractivity contribution in [3.8, 4) is 22.3 Å². The normalized spacial score (nSPS) is 13.2. The van der Waals surface area contributed by atoms with Gasteiger partial charge in [0, 0.05) is 36.0 Å². The van der Waals surface area contributed by atoms with Gasteiger partial charge in [0.15, 0.2) is 0 Å². The number of fused-ring (bicyclic) bond motifs is 1. The Labute approximate surface area is 152 Å². The molecule has 25 heavy (non-hydrogen) atoms. The summed E-state index contributed by atoms with van der Waals surface area (Å²) in [6.07, 6.45) is 0.760. The number of hydrogen-bond acceptors (Lipinski definition) is 4. The second kappa shape index (κ2) is 5.52. The van der Waals surface area contributed by atoms with Gasteiger partial charge in [0.1, 0.15) is 5.76 Å². The van der Waals surface area contributed by atoms with Crippen LogP contribution in [0.5, 0.6) is 0 Å². The number of benzene rings is 1. The van der Waals surface area contributed by atoms with E-state index in [1.54, 1.807) is 0 Å². The van der Waals surface area contributed by atoms with Crippen LogP contribution in [0.4, 0.5) is 5.69 Å². The Morgan fingerprint density at radius 1 is 1.12 bits per heavy atom. The van der Waals surface area contributed by atoms with E-state index in [-0.39, 0.29) is 0 Å². The summed E-state index contributed by atoms with van der Waals surface area (Å²) in [6, 6.07) is 4.36. The highest BCUT2D eigenvalue weighted by atomic mass is 32.1. The van der Waals surface area contributed by atoms with Crippen LogP contribution in [-0.4, -0.2) is 19.9 Å². The van der Waals surface area contributed by atoms with Gasteiger partial charge in [-0.2, -0.15) is 5.10 Å². The minimum Gasteiger partial charge on any atom is -0.361 e. The maximum absolute atomic E-state index is 5.44. The minimum absolute atomic E-state index is 0.760. The molecule has 0 unspecified atom stereocenters. The first-order valence-electron chi connectivity index (χ1n) is 8.27. The number of nitrogens with zero attached hydrogens (tertiary/aromatic N) is 3. The van der Waals surface area contributed by atoms with Crippen LogP contribution in [0.25, 0.3) is 22.3 Å². The lowest BCUT2D eigenvalue weighted by molar-refractivity contribution is 0.393. The van der Waals surface area contributed by atoms with E-state index >= 15 is 0 Å². The van der Waals surface area contributed by atoms with E-state index in [4.69, 9.17) is 16.7 Å². The van der Waals surface area contributed by atoms with Gasteiger partial charge in [0.05, 0.1) is 16.4 Å². The summed E-state index contributed by atoms with van der Waals surface area (Å²) < 4.78 is 7.31. The monoisotopic (exact) mass is 352 g/mol. The van der Waals surface area contributed by atoms with Crippen molar-refractivity contribution in [2.45, 2.75) is 34.1 Å². The molecule has 1 aliphatic heterocycles. The van der Waals surface area contributed by atoms with E-state index in [1.165, 1.54) is 16.7 Å². The van der Waals surface area contributed by atoms with Gasteiger partial charge in [-0.3, -0.25) is 4.68 Å². The predicted octanol–water partition coefficient (Wildman–Crippen LogP) is 4.27. The van der Waals surface area contributed by atoms with Crippen molar-refractivity contribution in [3.05, 3.63) is 40.5 Å². The third-order valence-corrected chi connectivity index (χ3v) is 5.21. The lowest BCUT2D eigenvalue weighted by Crippen LogP contribution is -2.00. The van der Waals surface area contributed by atoms with Crippen LogP contribution in [-0.2, 0) is 13.5 Å². The molecule has 0 aliphatic carbocycles. The molecule has 3 aromatic rings. The van der Waals surface area contributed by atoms with E-state index in [9.17, 15) is 0 Å². The van der Waals surface area contributed by atoms with Crippen molar-refractivity contribution >= 4 is 22.9 Å². The average molecular weight is 352 g/mol. The molecule has 5 nitrogen and oxygen atoms in total. The molecule has 128 valence electrons. The summed E-state index contributed by atoms with van der Waals surface area (Å²) in [7, 11) is 1.98. The molecule has 0 atom stereocenters. The molecule has 2 aromatic heterocycles. The fourth-order valence-electron chi connectivity index (χ4n) is 3.75. The summed E-state index contributed by atoms with van der Waals surface area (Å²) in [4.78, 5) is 0.853. The van der Waals surface area contributed by atoms with E-state index in [0.29, 0.717) is 0 Å². The molecule has 0 fully saturated rings. The van der Waals surface area contributed by atoms with E-state index in [0.717, 1.165) is 51.1 Å². The number of anilines is 1. The standard InChI is InChI=1S/C19H20N4OS/c1-9-18(11(3)23(5)21-9)15-6-13(19-10(2)22-24-12(19)4)7-16-14(15)8-17(25)20-16/h6-7H,8H2,1-5H3,(H,20,25). The van der Waals surface area contributed by atoms with E-state index < -0.39 is 0 Å². The fraction of sp³-hybridized carbons (Fsp3) is 0.316. The average Bonchev–Trinajstić information content (AvgIpc) is 3.15. The van der Waals surface area contributed by atoms with Crippen LogP contribution in [0.15, 0.2) is 16.7 Å². The topological polar surface area (TPSA) is 55.9 Å². The van der Waals surface area contributed by atoms with E-state index in [2.05, 4.69) is 41.6 Å². The maximum atomic E-state index is 5.44. The summed E-state index contributed by atoms with van der Waals surface area (Å²) in [6.45, 7) is 8.07. The van der Waals surface area contributed by atoms with Crippen LogP contribution in [0.2, 0.25) is 0 Å². The van der Waals surface area contributed by atoms with Crippen molar-refractivity contribution in [2.24, 2.45) is 7.05 Å². The van der Waals surface area contributed by atoms with Crippen LogP contribution in [0.1, 0.15) is 28.4 Å². The molecule has 1 N–H and O–H groups in total. The fourth-order valence-corrected chi connectivity index (χ4v) is 4.01. The largest absolute Gasteiger partial charge is 0.361 e. The Hall–Kier alpha value is -2.47. The zero-order valence-corrected chi connectivity index (χ0v) is 15.8. The lowest BCUT2D eigenvalue weighted by atomic mass is 9.91. The predicted molar refractivity (Wildman–Crippen MR) is 103 cm³/mol. The highest BCUT2D eigenvalue weighted by Gasteiger charge is 2.25. The van der Waals surface area contributed by atoms with Gasteiger partial charge in [-0.15, -0.1) is 0 Å². The zero-order valence-electron chi connectivity index (χ0n) is 15.0. The second-order valence-electron chi connectivity index (χ2n) is 6.64. The summed E-state index contributed by atoms with van der Waals surface area (Å²) in [5.74, 6) is 0.823. The van der Waals surface area contributed by atoms with Crippen LogP contribution in [0, 0.1) is 27.7 Å². The first-order chi connectivity index (χ1) is 11.9. The number of thiocarbonyl (C=S) groups is 1. The van der Waals surface area contributed by atoms with Crippen LogP contribution < -0.4 is 5.32 Å². The quantitative estimate of drug-likeness (QED) is 0.698. The van der Waals surface area contributed by atoms with Gasteiger partial charge in [-0.25, -0.2) is 0 Å².